The number of nitrogens with zero attached hydrogens (tertiary/aromatic N) is 1. The van der Waals surface area contributed by atoms with Crippen LogP contribution in [-0.2, 0) is 0 Å². The molecule has 0 amide bonds. The third-order valence-corrected chi connectivity index (χ3v) is 3.00. The highest BCUT2D eigenvalue weighted by molar-refractivity contribution is 5.16. The molecule has 2 rings (SSSR count). The highest BCUT2D eigenvalue weighted by atomic mass is 16.1. The van der Waals surface area contributed by atoms with Crippen LogP contribution in [0.3, 0.4) is 0 Å². The van der Waals surface area contributed by atoms with Crippen molar-refractivity contribution in [1.82, 2.24) is 9.88 Å². The van der Waals surface area contributed by atoms with Gasteiger partial charge >= 0.3 is 0 Å². The van der Waals surface area contributed by atoms with E-state index in [1.54, 1.807) is 4.57 Å². The standard InChI is InChI=1S/C12H18N2O/c1-9(2)14-8-4-5-10(12(14)15)11-6-3-7-13-11/h4-5,8-9,11,13H,3,6-7H2,1-2H3/t11-/m0/s1. The van der Waals surface area contributed by atoms with E-state index < -0.39 is 0 Å². The predicted molar refractivity (Wildman–Crippen MR) is 61.1 cm³/mol. The Hall–Kier alpha value is -1.09. The van der Waals surface area contributed by atoms with Gasteiger partial charge in [-0.1, -0.05) is 6.07 Å². The predicted octanol–water partition coefficient (Wildman–Crippen LogP) is 1.85. The van der Waals surface area contributed by atoms with Crippen molar-refractivity contribution in [1.29, 1.82) is 0 Å². The third kappa shape index (κ3) is 1.97. The summed E-state index contributed by atoms with van der Waals surface area (Å²) >= 11 is 0. The Morgan fingerprint density at radius 2 is 2.33 bits per heavy atom. The largest absolute Gasteiger partial charge is 0.313 e. The highest BCUT2D eigenvalue weighted by Gasteiger charge is 2.19. The maximum absolute atomic E-state index is 12.1. The van der Waals surface area contributed by atoms with E-state index in [-0.39, 0.29) is 17.6 Å². The SMILES string of the molecule is CC(C)n1cccc([C@@H]2CCCN2)c1=O. The lowest BCUT2D eigenvalue weighted by Gasteiger charge is -2.14. The zero-order valence-electron chi connectivity index (χ0n) is 9.36. The fourth-order valence-corrected chi connectivity index (χ4v) is 2.15. The second kappa shape index (κ2) is 4.19. The van der Waals surface area contributed by atoms with E-state index >= 15 is 0 Å². The minimum Gasteiger partial charge on any atom is -0.313 e. The number of pyridine rings is 1. The van der Waals surface area contributed by atoms with Gasteiger partial charge in [0.15, 0.2) is 0 Å². The van der Waals surface area contributed by atoms with Crippen LogP contribution in [0, 0.1) is 0 Å². The Kier molecular flexibility index (Phi) is 2.91. The van der Waals surface area contributed by atoms with Gasteiger partial charge in [-0.3, -0.25) is 4.79 Å². The normalized spacial score (nSPS) is 21.1. The van der Waals surface area contributed by atoms with Crippen molar-refractivity contribution in [2.75, 3.05) is 6.54 Å². The first-order chi connectivity index (χ1) is 7.20. The fourth-order valence-electron chi connectivity index (χ4n) is 2.15. The molecule has 0 radical (unpaired) electrons. The van der Waals surface area contributed by atoms with Crippen molar-refractivity contribution >= 4 is 0 Å². The summed E-state index contributed by atoms with van der Waals surface area (Å²) in [7, 11) is 0. The van der Waals surface area contributed by atoms with Crippen LogP contribution >= 0.6 is 0 Å². The van der Waals surface area contributed by atoms with Crippen LogP contribution in [0.4, 0.5) is 0 Å². The molecule has 0 aliphatic carbocycles. The molecule has 1 aromatic heterocycles. The first-order valence-corrected chi connectivity index (χ1v) is 5.64. The topological polar surface area (TPSA) is 34.0 Å². The molecule has 0 bridgehead atoms. The number of aromatic nitrogens is 1. The summed E-state index contributed by atoms with van der Waals surface area (Å²) in [6.07, 6.45) is 4.11. The van der Waals surface area contributed by atoms with Crippen LogP contribution in [-0.4, -0.2) is 11.1 Å². The van der Waals surface area contributed by atoms with E-state index in [0.29, 0.717) is 0 Å². The van der Waals surface area contributed by atoms with Gasteiger partial charge in [-0.05, 0) is 39.3 Å². The van der Waals surface area contributed by atoms with Crippen LogP contribution in [0.15, 0.2) is 23.1 Å². The fraction of sp³-hybridized carbons (Fsp3) is 0.583. The molecule has 0 unspecified atom stereocenters. The van der Waals surface area contributed by atoms with E-state index in [4.69, 9.17) is 0 Å². The van der Waals surface area contributed by atoms with Crippen LogP contribution < -0.4 is 10.9 Å². The summed E-state index contributed by atoms with van der Waals surface area (Å²) in [6.45, 7) is 5.10. The molecule has 1 aromatic rings. The minimum absolute atomic E-state index is 0.159. The maximum atomic E-state index is 12.1. The number of hydrogen-bond acceptors (Lipinski definition) is 2. The molecule has 0 aromatic carbocycles. The van der Waals surface area contributed by atoms with E-state index in [0.717, 1.165) is 18.5 Å². The molecule has 1 N–H and O–H groups in total. The molecule has 15 heavy (non-hydrogen) atoms. The second-order valence-electron chi connectivity index (χ2n) is 4.42. The molecule has 0 saturated carbocycles. The minimum atomic E-state index is 0.159. The summed E-state index contributed by atoms with van der Waals surface area (Å²) < 4.78 is 1.80. The Bertz CT molecular complexity index is 389. The molecule has 82 valence electrons. The van der Waals surface area contributed by atoms with E-state index in [1.807, 2.05) is 32.2 Å². The molecule has 1 saturated heterocycles. The lowest BCUT2D eigenvalue weighted by Crippen LogP contribution is -2.28. The smallest absolute Gasteiger partial charge is 0.255 e. The van der Waals surface area contributed by atoms with E-state index in [1.165, 1.54) is 6.42 Å². The lowest BCUT2D eigenvalue weighted by molar-refractivity contribution is 0.555. The van der Waals surface area contributed by atoms with Crippen molar-refractivity contribution in [3.63, 3.8) is 0 Å². The Morgan fingerprint density at radius 1 is 1.53 bits per heavy atom. The number of rotatable bonds is 2. The zero-order valence-corrected chi connectivity index (χ0v) is 9.36. The number of hydrogen-bond donors (Lipinski definition) is 1. The zero-order chi connectivity index (χ0) is 10.8. The molecule has 1 aliphatic heterocycles. The lowest BCUT2D eigenvalue weighted by atomic mass is 10.1. The molecule has 2 heterocycles. The summed E-state index contributed by atoms with van der Waals surface area (Å²) in [6, 6.07) is 4.42. The quantitative estimate of drug-likeness (QED) is 0.801. The second-order valence-corrected chi connectivity index (χ2v) is 4.42. The van der Waals surface area contributed by atoms with Gasteiger partial charge in [0, 0.05) is 23.8 Å². The average Bonchev–Trinajstić information content (AvgIpc) is 2.70. The maximum Gasteiger partial charge on any atom is 0.255 e. The molecule has 1 aliphatic rings. The molecule has 3 heteroatoms. The van der Waals surface area contributed by atoms with Gasteiger partial charge in [-0.25, -0.2) is 0 Å². The monoisotopic (exact) mass is 206 g/mol. The van der Waals surface area contributed by atoms with E-state index in [9.17, 15) is 4.79 Å². The van der Waals surface area contributed by atoms with Crippen molar-refractivity contribution in [3.8, 4) is 0 Å². The van der Waals surface area contributed by atoms with Gasteiger partial charge in [-0.2, -0.15) is 0 Å². The molecule has 1 fully saturated rings. The van der Waals surface area contributed by atoms with Crippen molar-refractivity contribution in [3.05, 3.63) is 34.2 Å². The molecule has 0 spiro atoms. The van der Waals surface area contributed by atoms with Gasteiger partial charge < -0.3 is 9.88 Å². The van der Waals surface area contributed by atoms with Crippen molar-refractivity contribution in [2.24, 2.45) is 0 Å². The Balaban J connectivity index is 2.39. The summed E-state index contributed by atoms with van der Waals surface area (Å²) in [5.41, 5.74) is 1.08. The van der Waals surface area contributed by atoms with Crippen LogP contribution in [0.1, 0.15) is 44.3 Å². The summed E-state index contributed by atoms with van der Waals surface area (Å²) in [5, 5.41) is 3.37. The van der Waals surface area contributed by atoms with Crippen LogP contribution in [0.2, 0.25) is 0 Å². The first kappa shape index (κ1) is 10.4. The van der Waals surface area contributed by atoms with Gasteiger partial charge in [0.05, 0.1) is 0 Å². The summed E-state index contributed by atoms with van der Waals surface area (Å²) in [4.78, 5) is 12.1. The summed E-state index contributed by atoms with van der Waals surface area (Å²) in [5.74, 6) is 0. The van der Waals surface area contributed by atoms with Crippen LogP contribution in [0.5, 0.6) is 0 Å². The Morgan fingerprint density at radius 3 is 2.93 bits per heavy atom. The Labute approximate surface area is 90.1 Å². The first-order valence-electron chi connectivity index (χ1n) is 5.64. The van der Waals surface area contributed by atoms with Gasteiger partial charge in [-0.15, -0.1) is 0 Å². The number of nitrogens with one attached hydrogen (secondary N) is 1. The van der Waals surface area contributed by atoms with Gasteiger partial charge in [0.25, 0.3) is 5.56 Å². The molecule has 3 nitrogen and oxygen atoms in total. The van der Waals surface area contributed by atoms with Crippen molar-refractivity contribution < 1.29 is 0 Å². The molecule has 1 atom stereocenters. The van der Waals surface area contributed by atoms with Gasteiger partial charge in [0.1, 0.15) is 0 Å². The third-order valence-electron chi connectivity index (χ3n) is 3.00. The van der Waals surface area contributed by atoms with E-state index in [2.05, 4.69) is 5.32 Å². The van der Waals surface area contributed by atoms with Crippen molar-refractivity contribution in [2.45, 2.75) is 38.8 Å². The van der Waals surface area contributed by atoms with Crippen LogP contribution in [0.25, 0.3) is 0 Å². The highest BCUT2D eigenvalue weighted by Crippen LogP contribution is 2.20. The molecular weight excluding hydrogens is 188 g/mol. The average molecular weight is 206 g/mol. The molecular formula is C12H18N2O. The van der Waals surface area contributed by atoms with Gasteiger partial charge in [0.2, 0.25) is 0 Å².